The second kappa shape index (κ2) is 6.59. The van der Waals surface area contributed by atoms with E-state index < -0.39 is 17.8 Å². The number of aliphatic hydroxyl groups excluding tert-OH is 1. The van der Waals surface area contributed by atoms with Gasteiger partial charge < -0.3 is 10.4 Å². The predicted octanol–water partition coefficient (Wildman–Crippen LogP) is 3.52. The van der Waals surface area contributed by atoms with E-state index >= 15 is 0 Å². The lowest BCUT2D eigenvalue weighted by molar-refractivity contribution is -0.137. The van der Waals surface area contributed by atoms with Gasteiger partial charge in [-0.3, -0.25) is 0 Å². The molecule has 0 spiro atoms. The van der Waals surface area contributed by atoms with E-state index in [-0.39, 0.29) is 6.54 Å². The van der Waals surface area contributed by atoms with Gasteiger partial charge in [-0.05, 0) is 43.0 Å². The molecule has 0 aliphatic heterocycles. The number of alkyl halides is 3. The van der Waals surface area contributed by atoms with Crippen molar-refractivity contribution in [2.75, 3.05) is 13.1 Å². The van der Waals surface area contributed by atoms with Crippen LogP contribution in [0.1, 0.15) is 42.9 Å². The molecule has 1 aliphatic carbocycles. The summed E-state index contributed by atoms with van der Waals surface area (Å²) >= 11 is 0. The zero-order valence-corrected chi connectivity index (χ0v) is 11.3. The molecule has 0 heterocycles. The van der Waals surface area contributed by atoms with Gasteiger partial charge in [-0.25, -0.2) is 0 Å². The highest BCUT2D eigenvalue weighted by Gasteiger charge is 2.30. The maximum atomic E-state index is 12.6. The standard InChI is InChI=1S/C15H20F3NO/c16-15(17,18)13-7-3-6-12(8-13)14(20)10-19-9-11-4-1-2-5-11/h3,6-8,11,14,19-20H,1-2,4-5,9-10H2. The van der Waals surface area contributed by atoms with Gasteiger partial charge in [0.1, 0.15) is 0 Å². The minimum Gasteiger partial charge on any atom is -0.387 e. The number of hydrogen-bond acceptors (Lipinski definition) is 2. The molecule has 1 unspecified atom stereocenters. The summed E-state index contributed by atoms with van der Waals surface area (Å²) < 4.78 is 37.8. The smallest absolute Gasteiger partial charge is 0.387 e. The summed E-state index contributed by atoms with van der Waals surface area (Å²) in [6.07, 6.45) is -0.365. The third-order valence-corrected chi connectivity index (χ3v) is 3.84. The molecule has 20 heavy (non-hydrogen) atoms. The van der Waals surface area contributed by atoms with Crippen molar-refractivity contribution in [3.8, 4) is 0 Å². The highest BCUT2D eigenvalue weighted by molar-refractivity contribution is 5.27. The molecule has 1 aromatic carbocycles. The molecule has 2 nitrogen and oxygen atoms in total. The number of rotatable bonds is 5. The maximum Gasteiger partial charge on any atom is 0.416 e. The average Bonchev–Trinajstić information content (AvgIpc) is 2.91. The first-order valence-corrected chi connectivity index (χ1v) is 7.03. The molecule has 0 amide bonds. The average molecular weight is 287 g/mol. The molecule has 2 N–H and O–H groups in total. The Labute approximate surface area is 117 Å². The van der Waals surface area contributed by atoms with Crippen molar-refractivity contribution in [3.63, 3.8) is 0 Å². The van der Waals surface area contributed by atoms with Crippen molar-refractivity contribution in [2.45, 2.75) is 38.0 Å². The van der Waals surface area contributed by atoms with E-state index in [0.29, 0.717) is 11.5 Å². The molecule has 0 bridgehead atoms. The number of benzene rings is 1. The van der Waals surface area contributed by atoms with Gasteiger partial charge in [-0.15, -0.1) is 0 Å². The molecule has 1 atom stereocenters. The van der Waals surface area contributed by atoms with E-state index in [1.54, 1.807) is 0 Å². The maximum absolute atomic E-state index is 12.6. The second-order valence-electron chi connectivity index (χ2n) is 5.45. The Kier molecular flexibility index (Phi) is 5.05. The van der Waals surface area contributed by atoms with E-state index in [2.05, 4.69) is 5.32 Å². The summed E-state index contributed by atoms with van der Waals surface area (Å²) in [5.41, 5.74) is -0.413. The molecule has 1 fully saturated rings. The minimum atomic E-state index is -4.37. The van der Waals surface area contributed by atoms with E-state index in [9.17, 15) is 18.3 Å². The van der Waals surface area contributed by atoms with Crippen LogP contribution in [0.3, 0.4) is 0 Å². The van der Waals surface area contributed by atoms with Crippen LogP contribution in [0.2, 0.25) is 0 Å². The number of hydrogen-bond donors (Lipinski definition) is 2. The fraction of sp³-hybridized carbons (Fsp3) is 0.600. The fourth-order valence-corrected chi connectivity index (χ4v) is 2.68. The first-order chi connectivity index (χ1) is 9.47. The Morgan fingerprint density at radius 3 is 2.60 bits per heavy atom. The van der Waals surface area contributed by atoms with Crippen molar-refractivity contribution in [2.24, 2.45) is 5.92 Å². The molecule has 1 saturated carbocycles. The van der Waals surface area contributed by atoms with Gasteiger partial charge in [0, 0.05) is 6.54 Å². The van der Waals surface area contributed by atoms with Crippen molar-refractivity contribution in [3.05, 3.63) is 35.4 Å². The van der Waals surface area contributed by atoms with E-state index in [0.717, 1.165) is 18.7 Å². The van der Waals surface area contributed by atoms with Gasteiger partial charge in [0.15, 0.2) is 0 Å². The van der Waals surface area contributed by atoms with Gasteiger partial charge in [0.25, 0.3) is 0 Å². The number of nitrogens with one attached hydrogen (secondary N) is 1. The zero-order valence-electron chi connectivity index (χ0n) is 11.3. The van der Waals surface area contributed by atoms with E-state index in [1.807, 2.05) is 0 Å². The molecule has 5 heteroatoms. The van der Waals surface area contributed by atoms with Crippen molar-refractivity contribution >= 4 is 0 Å². The predicted molar refractivity (Wildman–Crippen MR) is 71.2 cm³/mol. The van der Waals surface area contributed by atoms with Crippen molar-refractivity contribution < 1.29 is 18.3 Å². The highest BCUT2D eigenvalue weighted by Crippen LogP contribution is 2.30. The van der Waals surface area contributed by atoms with Gasteiger partial charge >= 0.3 is 6.18 Å². The lowest BCUT2D eigenvalue weighted by Gasteiger charge is -2.16. The quantitative estimate of drug-likeness (QED) is 0.868. The Morgan fingerprint density at radius 2 is 1.95 bits per heavy atom. The first-order valence-electron chi connectivity index (χ1n) is 7.03. The lowest BCUT2D eigenvalue weighted by Crippen LogP contribution is -2.26. The van der Waals surface area contributed by atoms with Crippen LogP contribution in [-0.2, 0) is 6.18 Å². The molecule has 0 saturated heterocycles. The summed E-state index contributed by atoms with van der Waals surface area (Å²) in [7, 11) is 0. The topological polar surface area (TPSA) is 32.3 Å². The SMILES string of the molecule is OC(CNCC1CCCC1)c1cccc(C(F)(F)F)c1. The monoisotopic (exact) mass is 287 g/mol. The van der Waals surface area contributed by atoms with E-state index in [4.69, 9.17) is 0 Å². The number of aliphatic hydroxyl groups is 1. The van der Waals surface area contributed by atoms with Crippen molar-refractivity contribution in [1.82, 2.24) is 5.32 Å². The van der Waals surface area contributed by atoms with Gasteiger partial charge in [-0.1, -0.05) is 25.0 Å². The molecular formula is C15H20F3NO. The molecule has 2 rings (SSSR count). The molecule has 1 aromatic rings. The summed E-state index contributed by atoms with van der Waals surface area (Å²) in [6.45, 7) is 1.12. The van der Waals surface area contributed by atoms with Crippen LogP contribution in [0.25, 0.3) is 0 Å². The highest BCUT2D eigenvalue weighted by atomic mass is 19.4. The van der Waals surface area contributed by atoms with Gasteiger partial charge in [-0.2, -0.15) is 13.2 Å². The third-order valence-electron chi connectivity index (χ3n) is 3.84. The fourth-order valence-electron chi connectivity index (χ4n) is 2.68. The Hall–Kier alpha value is -1.07. The summed E-state index contributed by atoms with van der Waals surface area (Å²) in [5, 5.41) is 13.1. The lowest BCUT2D eigenvalue weighted by atomic mass is 10.0. The minimum absolute atomic E-state index is 0.289. The normalized spacial score (nSPS) is 18.4. The van der Waals surface area contributed by atoms with E-state index in [1.165, 1.54) is 37.8 Å². The van der Waals surface area contributed by atoms with Crippen molar-refractivity contribution in [1.29, 1.82) is 0 Å². The van der Waals surface area contributed by atoms with Crippen LogP contribution in [0, 0.1) is 5.92 Å². The molecule has 1 aliphatic rings. The molecule has 112 valence electrons. The van der Waals surface area contributed by atoms with Gasteiger partial charge in [0.05, 0.1) is 11.7 Å². The third kappa shape index (κ3) is 4.21. The largest absolute Gasteiger partial charge is 0.416 e. The zero-order chi connectivity index (χ0) is 14.6. The van der Waals surface area contributed by atoms with Crippen LogP contribution in [-0.4, -0.2) is 18.2 Å². The molecular weight excluding hydrogens is 267 g/mol. The van der Waals surface area contributed by atoms with Crippen LogP contribution < -0.4 is 5.32 Å². The second-order valence-corrected chi connectivity index (χ2v) is 5.45. The van der Waals surface area contributed by atoms with Crippen LogP contribution in [0.5, 0.6) is 0 Å². The summed E-state index contributed by atoms with van der Waals surface area (Å²) in [5.74, 6) is 0.642. The van der Waals surface area contributed by atoms with Crippen LogP contribution >= 0.6 is 0 Å². The van der Waals surface area contributed by atoms with Crippen LogP contribution in [0.15, 0.2) is 24.3 Å². The molecule has 0 aromatic heterocycles. The Bertz CT molecular complexity index is 427. The number of halogens is 3. The molecule has 0 radical (unpaired) electrons. The summed E-state index contributed by atoms with van der Waals surface area (Å²) in [4.78, 5) is 0. The van der Waals surface area contributed by atoms with Crippen LogP contribution in [0.4, 0.5) is 13.2 Å². The Balaban J connectivity index is 1.86. The Morgan fingerprint density at radius 1 is 1.25 bits per heavy atom. The summed E-state index contributed by atoms with van der Waals surface area (Å²) in [6, 6.07) is 4.89. The first kappa shape index (κ1) is 15.3. The van der Waals surface area contributed by atoms with Gasteiger partial charge in [0.2, 0.25) is 0 Å².